The summed E-state index contributed by atoms with van der Waals surface area (Å²) in [5, 5.41) is 2.91. The molecule has 0 aliphatic heterocycles. The lowest BCUT2D eigenvalue weighted by Gasteiger charge is -2.26. The van der Waals surface area contributed by atoms with Crippen molar-refractivity contribution in [2.75, 3.05) is 11.9 Å². The van der Waals surface area contributed by atoms with Crippen LogP contribution in [0.15, 0.2) is 77.3 Å². The molecular formula is C27H30BrNO2. The topological polar surface area (TPSA) is 38.3 Å². The first-order valence-corrected chi connectivity index (χ1v) is 11.6. The quantitative estimate of drug-likeness (QED) is 0.354. The molecule has 4 heteroatoms. The molecule has 0 radical (unpaired) electrons. The SMILES string of the molecule is CCCCc1ccc(NC(=O)COc2ccc(C(C)(C)c3ccccc3)cc2)c(Br)c1. The summed E-state index contributed by atoms with van der Waals surface area (Å²) in [5.74, 6) is 0.493. The molecule has 3 nitrogen and oxygen atoms in total. The first-order valence-electron chi connectivity index (χ1n) is 10.8. The number of carbonyl (C=O) groups excluding carboxylic acids is 1. The molecular weight excluding hydrogens is 450 g/mol. The number of nitrogens with one attached hydrogen (secondary N) is 1. The van der Waals surface area contributed by atoms with Crippen molar-refractivity contribution in [2.24, 2.45) is 0 Å². The van der Waals surface area contributed by atoms with Crippen LogP contribution in [0.2, 0.25) is 0 Å². The summed E-state index contributed by atoms with van der Waals surface area (Å²) >= 11 is 3.55. The maximum atomic E-state index is 12.3. The number of rotatable bonds is 9. The van der Waals surface area contributed by atoms with E-state index in [0.29, 0.717) is 5.75 Å². The van der Waals surface area contributed by atoms with Crippen LogP contribution in [0, 0.1) is 0 Å². The second kappa shape index (κ2) is 10.6. The van der Waals surface area contributed by atoms with Crippen molar-refractivity contribution in [1.82, 2.24) is 0 Å². The number of carbonyl (C=O) groups is 1. The van der Waals surface area contributed by atoms with Gasteiger partial charge in [-0.15, -0.1) is 0 Å². The highest BCUT2D eigenvalue weighted by Gasteiger charge is 2.22. The molecule has 0 bridgehead atoms. The largest absolute Gasteiger partial charge is 0.484 e. The third kappa shape index (κ3) is 6.20. The van der Waals surface area contributed by atoms with Gasteiger partial charge in [0.25, 0.3) is 5.91 Å². The van der Waals surface area contributed by atoms with E-state index in [4.69, 9.17) is 4.74 Å². The third-order valence-corrected chi connectivity index (χ3v) is 6.22. The van der Waals surface area contributed by atoms with Gasteiger partial charge in [-0.3, -0.25) is 4.79 Å². The Bertz CT molecular complexity index is 998. The van der Waals surface area contributed by atoms with Crippen LogP contribution in [-0.4, -0.2) is 12.5 Å². The molecule has 162 valence electrons. The molecule has 0 heterocycles. The minimum absolute atomic E-state index is 0.0363. The molecule has 0 spiro atoms. The highest BCUT2D eigenvalue weighted by atomic mass is 79.9. The van der Waals surface area contributed by atoms with Crippen LogP contribution in [0.3, 0.4) is 0 Å². The number of unbranched alkanes of at least 4 members (excludes halogenated alkanes) is 1. The number of benzene rings is 3. The lowest BCUT2D eigenvalue weighted by Crippen LogP contribution is -2.21. The number of halogens is 1. The number of anilines is 1. The monoisotopic (exact) mass is 479 g/mol. The van der Waals surface area contributed by atoms with Gasteiger partial charge in [0, 0.05) is 9.89 Å². The molecule has 0 aliphatic rings. The van der Waals surface area contributed by atoms with Gasteiger partial charge in [0.05, 0.1) is 5.69 Å². The second-order valence-corrected chi connectivity index (χ2v) is 9.12. The van der Waals surface area contributed by atoms with Gasteiger partial charge in [-0.1, -0.05) is 75.7 Å². The average Bonchev–Trinajstić information content (AvgIpc) is 2.79. The van der Waals surface area contributed by atoms with E-state index >= 15 is 0 Å². The summed E-state index contributed by atoms with van der Waals surface area (Å²) in [6.45, 7) is 6.56. The summed E-state index contributed by atoms with van der Waals surface area (Å²) < 4.78 is 6.59. The van der Waals surface area contributed by atoms with E-state index in [2.05, 4.69) is 90.5 Å². The Balaban J connectivity index is 1.56. The fourth-order valence-corrected chi connectivity index (χ4v) is 4.05. The van der Waals surface area contributed by atoms with Gasteiger partial charge >= 0.3 is 0 Å². The second-order valence-electron chi connectivity index (χ2n) is 8.27. The molecule has 0 aliphatic carbocycles. The van der Waals surface area contributed by atoms with Crippen molar-refractivity contribution < 1.29 is 9.53 Å². The first kappa shape index (κ1) is 23.1. The minimum Gasteiger partial charge on any atom is -0.484 e. The van der Waals surface area contributed by atoms with E-state index < -0.39 is 0 Å². The van der Waals surface area contributed by atoms with Crippen molar-refractivity contribution in [3.05, 3.63) is 94.0 Å². The standard InChI is InChI=1S/C27H30BrNO2/c1-4-5-9-20-12-17-25(24(28)18-20)29-26(30)19-31-23-15-13-22(14-16-23)27(2,3)21-10-7-6-8-11-21/h6-8,10-18H,4-5,9,19H2,1-3H3,(H,29,30). The van der Waals surface area contributed by atoms with Crippen molar-refractivity contribution >= 4 is 27.5 Å². The molecule has 3 aromatic rings. The predicted octanol–water partition coefficient (Wildman–Crippen LogP) is 7.14. The fourth-order valence-electron chi connectivity index (χ4n) is 3.52. The number of amides is 1. The fraction of sp³-hybridized carbons (Fsp3) is 0.296. The van der Waals surface area contributed by atoms with Gasteiger partial charge in [-0.25, -0.2) is 0 Å². The highest BCUT2D eigenvalue weighted by Crippen LogP contribution is 2.32. The van der Waals surface area contributed by atoms with Gasteiger partial charge in [0.2, 0.25) is 0 Å². The maximum absolute atomic E-state index is 12.3. The van der Waals surface area contributed by atoms with Crippen LogP contribution >= 0.6 is 15.9 Å². The molecule has 1 N–H and O–H groups in total. The normalized spacial score (nSPS) is 11.2. The zero-order chi connectivity index (χ0) is 22.3. The zero-order valence-electron chi connectivity index (χ0n) is 18.5. The van der Waals surface area contributed by atoms with Crippen LogP contribution in [-0.2, 0) is 16.6 Å². The molecule has 3 aromatic carbocycles. The molecule has 3 rings (SSSR count). The van der Waals surface area contributed by atoms with E-state index in [1.54, 1.807) is 0 Å². The summed E-state index contributed by atoms with van der Waals surface area (Å²) in [6.07, 6.45) is 3.37. The summed E-state index contributed by atoms with van der Waals surface area (Å²) in [7, 11) is 0. The van der Waals surface area contributed by atoms with Crippen molar-refractivity contribution in [3.63, 3.8) is 0 Å². The van der Waals surface area contributed by atoms with Crippen molar-refractivity contribution in [2.45, 2.75) is 45.4 Å². The molecule has 0 saturated heterocycles. The van der Waals surface area contributed by atoms with Gasteiger partial charge in [-0.2, -0.15) is 0 Å². The molecule has 1 amide bonds. The predicted molar refractivity (Wildman–Crippen MR) is 132 cm³/mol. The number of ether oxygens (including phenoxy) is 1. The van der Waals surface area contributed by atoms with Gasteiger partial charge in [0.15, 0.2) is 6.61 Å². The summed E-state index contributed by atoms with van der Waals surface area (Å²) in [6, 6.07) is 24.5. The van der Waals surface area contributed by atoms with Gasteiger partial charge in [-0.05, 0) is 69.7 Å². The molecule has 0 unspecified atom stereocenters. The molecule has 0 aromatic heterocycles. The minimum atomic E-state index is -0.185. The summed E-state index contributed by atoms with van der Waals surface area (Å²) in [4.78, 5) is 12.3. The van der Waals surface area contributed by atoms with Gasteiger partial charge < -0.3 is 10.1 Å². The van der Waals surface area contributed by atoms with Crippen molar-refractivity contribution in [3.8, 4) is 5.75 Å². The Kier molecular flexibility index (Phi) is 7.91. The van der Waals surface area contributed by atoms with Crippen LogP contribution in [0.1, 0.15) is 50.3 Å². The Morgan fingerprint density at radius 2 is 1.65 bits per heavy atom. The molecule has 0 saturated carbocycles. The van der Waals surface area contributed by atoms with Crippen LogP contribution in [0.25, 0.3) is 0 Å². The smallest absolute Gasteiger partial charge is 0.262 e. The van der Waals surface area contributed by atoms with Gasteiger partial charge in [0.1, 0.15) is 5.75 Å². The zero-order valence-corrected chi connectivity index (χ0v) is 20.0. The number of hydrogen-bond acceptors (Lipinski definition) is 2. The maximum Gasteiger partial charge on any atom is 0.262 e. The number of hydrogen-bond donors (Lipinski definition) is 1. The average molecular weight is 480 g/mol. The van der Waals surface area contributed by atoms with E-state index in [0.717, 1.165) is 29.4 Å². The van der Waals surface area contributed by atoms with Crippen LogP contribution < -0.4 is 10.1 Å². The lowest BCUT2D eigenvalue weighted by atomic mass is 9.78. The number of aryl methyl sites for hydroxylation is 1. The van der Waals surface area contributed by atoms with Crippen LogP contribution in [0.5, 0.6) is 5.75 Å². The lowest BCUT2D eigenvalue weighted by molar-refractivity contribution is -0.118. The van der Waals surface area contributed by atoms with E-state index in [9.17, 15) is 4.79 Å². The Morgan fingerprint density at radius 1 is 0.968 bits per heavy atom. The van der Waals surface area contributed by atoms with Crippen LogP contribution in [0.4, 0.5) is 5.69 Å². The Labute approximate surface area is 194 Å². The third-order valence-electron chi connectivity index (χ3n) is 5.57. The van der Waals surface area contributed by atoms with Crippen molar-refractivity contribution in [1.29, 1.82) is 0 Å². The first-order chi connectivity index (χ1) is 14.9. The Hall–Kier alpha value is -2.59. The summed E-state index contributed by atoms with van der Waals surface area (Å²) in [5.41, 5.74) is 4.37. The molecule has 0 atom stereocenters. The molecule has 0 fully saturated rings. The Morgan fingerprint density at radius 3 is 2.29 bits per heavy atom. The highest BCUT2D eigenvalue weighted by molar-refractivity contribution is 9.10. The van der Waals surface area contributed by atoms with E-state index in [1.165, 1.54) is 16.7 Å². The van der Waals surface area contributed by atoms with E-state index in [-0.39, 0.29) is 17.9 Å². The molecule has 31 heavy (non-hydrogen) atoms. The van der Waals surface area contributed by atoms with E-state index in [1.807, 2.05) is 24.3 Å².